The molecule has 0 saturated heterocycles. The van der Waals surface area contributed by atoms with E-state index in [0.717, 1.165) is 38.1 Å². The third-order valence-corrected chi connectivity index (χ3v) is 3.26. The molecule has 1 aliphatic carbocycles. The fourth-order valence-corrected chi connectivity index (χ4v) is 2.12. The number of carbonyl (C=O) groups is 1. The van der Waals surface area contributed by atoms with Crippen LogP contribution in [-0.4, -0.2) is 34.1 Å². The summed E-state index contributed by atoms with van der Waals surface area (Å²) in [5.41, 5.74) is -0.401. The summed E-state index contributed by atoms with van der Waals surface area (Å²) in [7, 11) is 0. The van der Waals surface area contributed by atoms with Crippen LogP contribution in [0.4, 0.5) is 11.5 Å². The van der Waals surface area contributed by atoms with Crippen molar-refractivity contribution in [3.05, 3.63) is 27.9 Å². The minimum absolute atomic E-state index is 0.103. The van der Waals surface area contributed by atoms with E-state index in [9.17, 15) is 20.0 Å². The molecule has 0 spiro atoms. The van der Waals surface area contributed by atoms with E-state index in [1.165, 1.54) is 0 Å². The average Bonchev–Trinajstić information content (AvgIpc) is 3.21. The standard InChI is InChI=1S/C13H17N3O4/c1-2-5-15(8-9-3-4-9)12-11(13(17)18)6-10(7-14-12)16(19)20/h6-7,9H,2-5,8H2,1H3,(H,17,18). The molecule has 0 unspecified atom stereocenters. The number of pyridine rings is 1. The highest BCUT2D eigenvalue weighted by Gasteiger charge is 2.27. The first-order chi connectivity index (χ1) is 9.52. The molecule has 0 bridgehead atoms. The van der Waals surface area contributed by atoms with Crippen LogP contribution >= 0.6 is 0 Å². The maximum absolute atomic E-state index is 11.3. The fourth-order valence-electron chi connectivity index (χ4n) is 2.12. The first kappa shape index (κ1) is 14.2. The zero-order valence-electron chi connectivity index (χ0n) is 11.3. The zero-order valence-corrected chi connectivity index (χ0v) is 11.3. The van der Waals surface area contributed by atoms with Crippen molar-refractivity contribution in [2.45, 2.75) is 26.2 Å². The number of nitrogens with zero attached hydrogens (tertiary/aromatic N) is 3. The van der Waals surface area contributed by atoms with Gasteiger partial charge in [-0.25, -0.2) is 9.78 Å². The Bertz CT molecular complexity index is 528. The van der Waals surface area contributed by atoms with E-state index in [-0.39, 0.29) is 11.3 Å². The highest BCUT2D eigenvalue weighted by molar-refractivity contribution is 5.94. The van der Waals surface area contributed by atoms with Gasteiger partial charge >= 0.3 is 5.97 Å². The molecule has 0 atom stereocenters. The van der Waals surface area contributed by atoms with Crippen molar-refractivity contribution in [2.75, 3.05) is 18.0 Å². The predicted molar refractivity (Wildman–Crippen MR) is 73.1 cm³/mol. The van der Waals surface area contributed by atoms with Crippen LogP contribution in [0.25, 0.3) is 0 Å². The van der Waals surface area contributed by atoms with E-state index in [4.69, 9.17) is 0 Å². The smallest absolute Gasteiger partial charge is 0.339 e. The molecule has 1 aromatic heterocycles. The summed E-state index contributed by atoms with van der Waals surface area (Å²) in [6.45, 7) is 3.46. The molecule has 2 rings (SSSR count). The predicted octanol–water partition coefficient (Wildman–Crippen LogP) is 2.31. The number of carboxylic acids is 1. The average molecular weight is 279 g/mol. The van der Waals surface area contributed by atoms with Crippen molar-refractivity contribution in [1.29, 1.82) is 0 Å². The van der Waals surface area contributed by atoms with Gasteiger partial charge in [-0.3, -0.25) is 10.1 Å². The van der Waals surface area contributed by atoms with E-state index < -0.39 is 10.9 Å². The van der Waals surface area contributed by atoms with Crippen LogP contribution in [0.2, 0.25) is 0 Å². The number of aromatic carboxylic acids is 1. The quantitative estimate of drug-likeness (QED) is 0.607. The van der Waals surface area contributed by atoms with Crippen molar-refractivity contribution >= 4 is 17.5 Å². The first-order valence-electron chi connectivity index (χ1n) is 6.65. The lowest BCUT2D eigenvalue weighted by Crippen LogP contribution is -2.29. The lowest BCUT2D eigenvalue weighted by Gasteiger charge is -2.24. The van der Waals surface area contributed by atoms with Crippen molar-refractivity contribution < 1.29 is 14.8 Å². The molecule has 0 amide bonds. The molecule has 108 valence electrons. The van der Waals surface area contributed by atoms with Gasteiger partial charge in [0.2, 0.25) is 0 Å². The number of aromatic nitrogens is 1. The lowest BCUT2D eigenvalue weighted by molar-refractivity contribution is -0.385. The molecule has 1 heterocycles. The van der Waals surface area contributed by atoms with E-state index in [1.807, 2.05) is 11.8 Å². The summed E-state index contributed by atoms with van der Waals surface area (Å²) >= 11 is 0. The van der Waals surface area contributed by atoms with Gasteiger partial charge in [-0.1, -0.05) is 6.92 Å². The van der Waals surface area contributed by atoms with E-state index in [1.54, 1.807) is 0 Å². The summed E-state index contributed by atoms with van der Waals surface area (Å²) < 4.78 is 0. The van der Waals surface area contributed by atoms with Gasteiger partial charge in [0.25, 0.3) is 5.69 Å². The van der Waals surface area contributed by atoms with Gasteiger partial charge in [0, 0.05) is 19.2 Å². The molecule has 1 fully saturated rings. The topological polar surface area (TPSA) is 96.6 Å². The van der Waals surface area contributed by atoms with Crippen LogP contribution in [0.5, 0.6) is 0 Å². The van der Waals surface area contributed by atoms with Crippen LogP contribution in [0.1, 0.15) is 36.5 Å². The second-order valence-corrected chi connectivity index (χ2v) is 5.02. The number of hydrogen-bond acceptors (Lipinski definition) is 5. The van der Waals surface area contributed by atoms with E-state index in [2.05, 4.69) is 4.98 Å². The maximum atomic E-state index is 11.3. The lowest BCUT2D eigenvalue weighted by atomic mass is 10.2. The summed E-state index contributed by atoms with van der Waals surface area (Å²) in [5.74, 6) is -0.273. The molecular formula is C13H17N3O4. The Balaban J connectivity index is 2.35. The molecular weight excluding hydrogens is 262 g/mol. The highest BCUT2D eigenvalue weighted by Crippen LogP contribution is 2.32. The molecule has 1 aromatic rings. The van der Waals surface area contributed by atoms with Gasteiger partial charge < -0.3 is 10.0 Å². The minimum atomic E-state index is -1.19. The van der Waals surface area contributed by atoms with Crippen molar-refractivity contribution in [3.8, 4) is 0 Å². The number of carboxylic acid groups (broad SMARTS) is 1. The molecule has 0 aliphatic heterocycles. The molecule has 1 saturated carbocycles. The van der Waals surface area contributed by atoms with E-state index in [0.29, 0.717) is 18.3 Å². The normalized spacial score (nSPS) is 14.1. The van der Waals surface area contributed by atoms with Gasteiger partial charge in [-0.2, -0.15) is 0 Å². The van der Waals surface area contributed by atoms with Crippen molar-refractivity contribution in [2.24, 2.45) is 5.92 Å². The highest BCUT2D eigenvalue weighted by atomic mass is 16.6. The first-order valence-corrected chi connectivity index (χ1v) is 6.65. The molecule has 1 aliphatic rings. The van der Waals surface area contributed by atoms with Gasteiger partial charge in [0.15, 0.2) is 0 Å². The van der Waals surface area contributed by atoms with Crippen LogP contribution in [0.15, 0.2) is 12.3 Å². The summed E-state index contributed by atoms with van der Waals surface area (Å²) in [6.07, 6.45) is 4.28. The number of hydrogen-bond donors (Lipinski definition) is 1. The van der Waals surface area contributed by atoms with Crippen molar-refractivity contribution in [3.63, 3.8) is 0 Å². The Morgan fingerprint density at radius 3 is 2.80 bits per heavy atom. The summed E-state index contributed by atoms with van der Waals surface area (Å²) in [6, 6.07) is 1.08. The van der Waals surface area contributed by atoms with E-state index >= 15 is 0 Å². The monoisotopic (exact) mass is 279 g/mol. The van der Waals surface area contributed by atoms with Crippen LogP contribution in [0, 0.1) is 16.0 Å². The number of rotatable bonds is 7. The third-order valence-electron chi connectivity index (χ3n) is 3.26. The molecule has 1 N–H and O–H groups in total. The Kier molecular flexibility index (Phi) is 4.16. The van der Waals surface area contributed by atoms with Gasteiger partial charge in [0.05, 0.1) is 4.92 Å². The van der Waals surface area contributed by atoms with Crippen LogP contribution < -0.4 is 4.90 Å². The fraction of sp³-hybridized carbons (Fsp3) is 0.538. The second-order valence-electron chi connectivity index (χ2n) is 5.02. The molecule has 7 heteroatoms. The van der Waals surface area contributed by atoms with Crippen molar-refractivity contribution in [1.82, 2.24) is 4.98 Å². The van der Waals surface area contributed by atoms with Gasteiger partial charge in [-0.15, -0.1) is 0 Å². The van der Waals surface area contributed by atoms with Crippen LogP contribution in [-0.2, 0) is 0 Å². The Labute approximate surface area is 116 Å². The van der Waals surface area contributed by atoms with Crippen LogP contribution in [0.3, 0.4) is 0 Å². The summed E-state index contributed by atoms with van der Waals surface area (Å²) in [4.78, 5) is 27.4. The number of nitro groups is 1. The van der Waals surface area contributed by atoms with Gasteiger partial charge in [-0.05, 0) is 25.2 Å². The maximum Gasteiger partial charge on any atom is 0.339 e. The third kappa shape index (κ3) is 3.23. The second kappa shape index (κ2) is 5.85. The molecule has 0 radical (unpaired) electrons. The minimum Gasteiger partial charge on any atom is -0.478 e. The SMILES string of the molecule is CCCN(CC1CC1)c1ncc([N+](=O)[O-])cc1C(=O)O. The largest absolute Gasteiger partial charge is 0.478 e. The Hall–Kier alpha value is -2.18. The summed E-state index contributed by atoms with van der Waals surface area (Å²) in [5, 5.41) is 20.0. The number of anilines is 1. The molecule has 7 nitrogen and oxygen atoms in total. The zero-order chi connectivity index (χ0) is 14.7. The van der Waals surface area contributed by atoms with Gasteiger partial charge in [0.1, 0.15) is 17.6 Å². The Morgan fingerprint density at radius 1 is 1.60 bits per heavy atom. The molecule has 0 aromatic carbocycles. The Morgan fingerprint density at radius 2 is 2.30 bits per heavy atom. The molecule has 20 heavy (non-hydrogen) atoms.